The number of aliphatic carboxylic acids is 1. The summed E-state index contributed by atoms with van der Waals surface area (Å²) in [5, 5.41) is 21.0. The van der Waals surface area contributed by atoms with E-state index in [1.807, 2.05) is 4.68 Å². The first kappa shape index (κ1) is 25.3. The van der Waals surface area contributed by atoms with Gasteiger partial charge in [0.1, 0.15) is 5.82 Å². The summed E-state index contributed by atoms with van der Waals surface area (Å²) in [7, 11) is 0. The number of halogens is 1. The summed E-state index contributed by atoms with van der Waals surface area (Å²) < 4.78 is 16.1. The molecule has 2 N–H and O–H groups in total. The largest absolute Gasteiger partial charge is 0.481 e. The van der Waals surface area contributed by atoms with Gasteiger partial charge in [-0.05, 0) is 74.5 Å². The first-order chi connectivity index (χ1) is 16.5. The van der Waals surface area contributed by atoms with E-state index in [-0.39, 0.29) is 30.9 Å². The number of nitrogens with zero attached hydrogens (tertiary/aromatic N) is 3. The Labute approximate surface area is 206 Å². The van der Waals surface area contributed by atoms with Crippen LogP contribution in [0.5, 0.6) is 0 Å². The van der Waals surface area contributed by atoms with Crippen molar-refractivity contribution in [1.29, 1.82) is 0 Å². The molecule has 1 aromatic heterocycles. The lowest BCUT2D eigenvalue weighted by molar-refractivity contribution is -0.137. The fraction of sp³-hybridized carbons (Fsp3) is 0.630. The maximum atomic E-state index is 14.3. The number of benzene rings is 1. The summed E-state index contributed by atoms with van der Waals surface area (Å²) in [6.45, 7) is 8.60. The van der Waals surface area contributed by atoms with Crippen molar-refractivity contribution in [3.8, 4) is 0 Å². The van der Waals surface area contributed by atoms with Crippen LogP contribution in [0.15, 0.2) is 18.2 Å². The molecule has 2 aromatic rings. The highest BCUT2D eigenvalue weighted by atomic mass is 19.1. The summed E-state index contributed by atoms with van der Waals surface area (Å²) in [5.41, 5.74) is 3.30. The lowest BCUT2D eigenvalue weighted by atomic mass is 9.67. The van der Waals surface area contributed by atoms with E-state index >= 15 is 0 Å². The van der Waals surface area contributed by atoms with Gasteiger partial charge in [-0.2, -0.15) is 0 Å². The molecule has 0 saturated heterocycles. The number of carboxylic acids is 1. The van der Waals surface area contributed by atoms with Gasteiger partial charge in [-0.15, -0.1) is 5.10 Å². The van der Waals surface area contributed by atoms with Crippen molar-refractivity contribution in [2.75, 3.05) is 5.32 Å². The number of nitrogens with one attached hydrogen (secondary N) is 1. The molecular formula is C27H37FN4O3. The molecule has 8 heteroatoms. The number of hydrogen-bond donors (Lipinski definition) is 2. The topological polar surface area (TPSA) is 97.1 Å². The van der Waals surface area contributed by atoms with E-state index in [1.54, 1.807) is 19.1 Å². The second-order valence-electron chi connectivity index (χ2n) is 11.7. The highest BCUT2D eigenvalue weighted by Gasteiger charge is 2.41. The fourth-order valence-electron chi connectivity index (χ4n) is 5.36. The van der Waals surface area contributed by atoms with Crippen LogP contribution in [0, 0.1) is 24.1 Å². The van der Waals surface area contributed by atoms with Crippen molar-refractivity contribution in [3.63, 3.8) is 0 Å². The van der Waals surface area contributed by atoms with Gasteiger partial charge in [0.05, 0.1) is 23.1 Å². The molecule has 1 aromatic carbocycles. The molecule has 0 bridgehead atoms. The monoisotopic (exact) mass is 484 g/mol. The minimum Gasteiger partial charge on any atom is -0.481 e. The van der Waals surface area contributed by atoms with E-state index in [0.29, 0.717) is 23.2 Å². The number of hydrogen-bond acceptors (Lipinski definition) is 4. The minimum atomic E-state index is -0.919. The summed E-state index contributed by atoms with van der Waals surface area (Å²) >= 11 is 0. The van der Waals surface area contributed by atoms with Gasteiger partial charge >= 0.3 is 5.97 Å². The maximum absolute atomic E-state index is 14.3. The second-order valence-corrected chi connectivity index (χ2v) is 11.7. The van der Waals surface area contributed by atoms with Crippen LogP contribution in [-0.4, -0.2) is 32.0 Å². The Hall–Kier alpha value is -2.77. The van der Waals surface area contributed by atoms with Gasteiger partial charge in [0.2, 0.25) is 5.91 Å². The number of carboxylic acid groups (broad SMARTS) is 1. The second kappa shape index (κ2) is 10.1. The van der Waals surface area contributed by atoms with Crippen molar-refractivity contribution in [2.45, 2.75) is 96.9 Å². The molecule has 0 unspecified atom stereocenters. The predicted molar refractivity (Wildman–Crippen MR) is 132 cm³/mol. The molecule has 190 valence electrons. The van der Waals surface area contributed by atoms with Crippen LogP contribution in [0.3, 0.4) is 0 Å². The van der Waals surface area contributed by atoms with Crippen molar-refractivity contribution in [1.82, 2.24) is 15.0 Å². The van der Waals surface area contributed by atoms with Gasteiger partial charge in [-0.3, -0.25) is 9.59 Å². The summed E-state index contributed by atoms with van der Waals surface area (Å²) in [4.78, 5) is 24.2. The van der Waals surface area contributed by atoms with Crippen molar-refractivity contribution in [3.05, 3.63) is 41.0 Å². The first-order valence-corrected chi connectivity index (χ1v) is 12.7. The van der Waals surface area contributed by atoms with Crippen molar-refractivity contribution < 1.29 is 19.1 Å². The maximum Gasteiger partial charge on any atom is 0.303 e. The van der Waals surface area contributed by atoms with E-state index in [4.69, 9.17) is 0 Å². The zero-order chi connectivity index (χ0) is 25.3. The number of aromatic nitrogens is 3. The van der Waals surface area contributed by atoms with Gasteiger partial charge in [-0.1, -0.05) is 32.1 Å². The number of carbonyl (C=O) groups is 2. The molecule has 2 aliphatic rings. The molecular weight excluding hydrogens is 447 g/mol. The minimum absolute atomic E-state index is 0.0143. The van der Waals surface area contributed by atoms with Crippen LogP contribution in [0.25, 0.3) is 0 Å². The van der Waals surface area contributed by atoms with E-state index in [2.05, 4.69) is 36.4 Å². The summed E-state index contributed by atoms with van der Waals surface area (Å²) in [6, 6.07) is 4.21. The average molecular weight is 485 g/mol. The molecule has 2 aliphatic carbocycles. The molecule has 1 amide bonds. The zero-order valence-electron chi connectivity index (χ0n) is 21.2. The third-order valence-electron chi connectivity index (χ3n) is 7.10. The number of carbonyl (C=O) groups excluding carboxylic acids is 1. The summed E-state index contributed by atoms with van der Waals surface area (Å²) in [6.07, 6.45) is 5.71. The van der Waals surface area contributed by atoms with Gasteiger partial charge in [0.25, 0.3) is 0 Å². The Morgan fingerprint density at radius 3 is 2.54 bits per heavy atom. The number of aryl methyl sites for hydroxylation is 1. The van der Waals surface area contributed by atoms with E-state index in [1.165, 1.54) is 12.5 Å². The molecule has 2 fully saturated rings. The highest BCUT2D eigenvalue weighted by Crippen LogP contribution is 2.51. The number of anilines is 1. The first-order valence-electron chi connectivity index (χ1n) is 12.7. The standard InChI is InChI=1S/C27H37FN4O3/c1-16-5-9-22(21(28)11-16)29-23(33)14-20(8-10-24(34)35)32-26(18-6-7-18)25(30-31-32)19-12-17(13-19)15-27(2,3)4/h5,9,11,17-20H,6-8,10,12-15H2,1-4H3,(H,29,33)(H,34,35)/t17-,19+,20-/m0/s1. The van der Waals surface area contributed by atoms with E-state index in [9.17, 15) is 19.1 Å². The Bertz CT molecular complexity index is 1080. The van der Waals surface area contributed by atoms with Gasteiger partial charge < -0.3 is 10.4 Å². The summed E-state index contributed by atoms with van der Waals surface area (Å²) in [5.74, 6) is -0.339. The van der Waals surface area contributed by atoms with E-state index < -0.39 is 17.8 Å². The SMILES string of the molecule is Cc1ccc(NC(=O)C[C@H](CCC(=O)O)n2nnc([C@H]3C[C@@H](CC(C)(C)C)C3)c2C2CC2)c(F)c1. The average Bonchev–Trinajstić information content (AvgIpc) is 3.47. The zero-order valence-corrected chi connectivity index (χ0v) is 21.2. The lowest BCUT2D eigenvalue weighted by Gasteiger charge is -2.38. The van der Waals surface area contributed by atoms with Crippen molar-refractivity contribution in [2.24, 2.45) is 11.3 Å². The quantitative estimate of drug-likeness (QED) is 0.433. The van der Waals surface area contributed by atoms with Crippen LogP contribution in [0.1, 0.15) is 107 Å². The molecule has 4 rings (SSSR count). The molecule has 0 radical (unpaired) electrons. The van der Waals surface area contributed by atoms with Crippen LogP contribution >= 0.6 is 0 Å². The van der Waals surface area contributed by atoms with Crippen LogP contribution in [0.2, 0.25) is 0 Å². The Balaban J connectivity index is 1.51. The molecule has 2 saturated carbocycles. The Morgan fingerprint density at radius 2 is 1.94 bits per heavy atom. The molecule has 35 heavy (non-hydrogen) atoms. The van der Waals surface area contributed by atoms with Gasteiger partial charge in [-0.25, -0.2) is 9.07 Å². The molecule has 1 atom stereocenters. The van der Waals surface area contributed by atoms with Crippen LogP contribution < -0.4 is 5.32 Å². The van der Waals surface area contributed by atoms with Crippen molar-refractivity contribution >= 4 is 17.6 Å². The Morgan fingerprint density at radius 1 is 1.23 bits per heavy atom. The predicted octanol–water partition coefficient (Wildman–Crippen LogP) is 5.97. The third-order valence-corrected chi connectivity index (χ3v) is 7.10. The molecule has 1 heterocycles. The fourth-order valence-corrected chi connectivity index (χ4v) is 5.36. The molecule has 7 nitrogen and oxygen atoms in total. The third kappa shape index (κ3) is 6.47. The highest BCUT2D eigenvalue weighted by molar-refractivity contribution is 5.91. The van der Waals surface area contributed by atoms with Crippen LogP contribution in [-0.2, 0) is 9.59 Å². The van der Waals surface area contributed by atoms with Gasteiger partial charge in [0, 0.05) is 24.7 Å². The smallest absolute Gasteiger partial charge is 0.303 e. The number of amides is 1. The molecule has 0 spiro atoms. The molecule has 0 aliphatic heterocycles. The normalized spacial score (nSPS) is 20.8. The Kier molecular flexibility index (Phi) is 7.29. The number of rotatable bonds is 10. The lowest BCUT2D eigenvalue weighted by Crippen LogP contribution is -2.27. The van der Waals surface area contributed by atoms with Crippen LogP contribution in [0.4, 0.5) is 10.1 Å². The van der Waals surface area contributed by atoms with E-state index in [0.717, 1.165) is 42.6 Å². The van der Waals surface area contributed by atoms with Gasteiger partial charge in [0.15, 0.2) is 0 Å².